The van der Waals surface area contributed by atoms with E-state index in [0.717, 1.165) is 6.07 Å². The molecule has 2 aromatic rings. The number of aliphatic carboxylic acids is 1. The zero-order valence-corrected chi connectivity index (χ0v) is 12.9. The molecular formula is C16H10NO6S-. The summed E-state index contributed by atoms with van der Waals surface area (Å²) in [4.78, 5) is 35.3. The number of ketones is 2. The topological polar surface area (TPSA) is 120 Å². The summed E-state index contributed by atoms with van der Waals surface area (Å²) in [5.41, 5.74) is 0.0202. The van der Waals surface area contributed by atoms with Crippen molar-refractivity contribution >= 4 is 27.6 Å². The van der Waals surface area contributed by atoms with Gasteiger partial charge in [0, 0.05) is 16.7 Å². The van der Waals surface area contributed by atoms with E-state index >= 15 is 0 Å². The monoisotopic (exact) mass is 344 g/mol. The smallest absolute Gasteiger partial charge is 0.241 e. The summed E-state index contributed by atoms with van der Waals surface area (Å²) in [6, 6.07) is 9.95. The summed E-state index contributed by atoms with van der Waals surface area (Å²) in [6.45, 7) is -0.940. The lowest BCUT2D eigenvalue weighted by molar-refractivity contribution is -0.303. The first-order valence-corrected chi connectivity index (χ1v) is 8.32. The minimum absolute atomic E-state index is 0.0324. The highest BCUT2D eigenvalue weighted by molar-refractivity contribution is 7.89. The molecule has 24 heavy (non-hydrogen) atoms. The van der Waals surface area contributed by atoms with Crippen molar-refractivity contribution in [2.45, 2.75) is 4.90 Å². The Labute approximate surface area is 137 Å². The van der Waals surface area contributed by atoms with Crippen LogP contribution in [-0.4, -0.2) is 32.5 Å². The van der Waals surface area contributed by atoms with Crippen LogP contribution in [0, 0.1) is 0 Å². The fourth-order valence-electron chi connectivity index (χ4n) is 2.57. The molecule has 0 fully saturated rings. The van der Waals surface area contributed by atoms with E-state index in [2.05, 4.69) is 0 Å². The number of carbonyl (C=O) groups excluding carboxylic acids is 3. The quantitative estimate of drug-likeness (QED) is 0.680. The zero-order valence-electron chi connectivity index (χ0n) is 12.1. The van der Waals surface area contributed by atoms with Crippen LogP contribution in [0.4, 0.5) is 0 Å². The Hall–Kier alpha value is -2.84. The number of hydrogen-bond donors (Lipinski definition) is 1. The molecule has 0 aromatic heterocycles. The van der Waals surface area contributed by atoms with E-state index in [0.29, 0.717) is 0 Å². The van der Waals surface area contributed by atoms with Gasteiger partial charge in [0.1, 0.15) is 0 Å². The molecule has 3 rings (SSSR count). The first-order valence-electron chi connectivity index (χ1n) is 6.84. The molecule has 8 heteroatoms. The van der Waals surface area contributed by atoms with Gasteiger partial charge in [-0.05, 0) is 6.07 Å². The number of carboxylic acids is 1. The second-order valence-electron chi connectivity index (χ2n) is 5.08. The largest absolute Gasteiger partial charge is 0.549 e. The van der Waals surface area contributed by atoms with Gasteiger partial charge in [-0.3, -0.25) is 9.59 Å². The fraction of sp³-hybridized carbons (Fsp3) is 0.0625. The molecule has 0 aliphatic heterocycles. The van der Waals surface area contributed by atoms with Crippen molar-refractivity contribution in [2.24, 2.45) is 0 Å². The third kappa shape index (κ3) is 2.51. The highest BCUT2D eigenvalue weighted by Crippen LogP contribution is 2.31. The van der Waals surface area contributed by atoms with Crippen molar-refractivity contribution in [1.29, 1.82) is 0 Å². The first-order chi connectivity index (χ1) is 11.3. The predicted octanol–water partition coefficient (Wildman–Crippen LogP) is -0.510. The van der Waals surface area contributed by atoms with Gasteiger partial charge in [-0.1, -0.05) is 36.4 Å². The first kappa shape index (κ1) is 16.0. The molecule has 0 bridgehead atoms. The van der Waals surface area contributed by atoms with Crippen molar-refractivity contribution in [2.75, 3.05) is 6.54 Å². The third-order valence-electron chi connectivity index (χ3n) is 3.61. The zero-order chi connectivity index (χ0) is 17.5. The minimum atomic E-state index is -4.30. The second kappa shape index (κ2) is 5.66. The van der Waals surface area contributed by atoms with Crippen LogP contribution in [0.2, 0.25) is 0 Å². The van der Waals surface area contributed by atoms with Gasteiger partial charge < -0.3 is 9.90 Å². The second-order valence-corrected chi connectivity index (χ2v) is 6.81. The van der Waals surface area contributed by atoms with Crippen molar-refractivity contribution < 1.29 is 27.9 Å². The standard InChI is InChI=1S/C16H11NO6S/c18-13(19)8-17-24(22,23)12-7-3-6-11-14(12)16(21)10-5-2-1-4-9(10)15(11)20/h1-7,17H,8H2,(H,18,19)/p-1. The van der Waals surface area contributed by atoms with Gasteiger partial charge in [-0.15, -0.1) is 0 Å². The number of rotatable bonds is 4. The van der Waals surface area contributed by atoms with Crippen LogP contribution in [0.1, 0.15) is 31.8 Å². The van der Waals surface area contributed by atoms with Crippen LogP contribution in [0.25, 0.3) is 0 Å². The lowest BCUT2D eigenvalue weighted by Gasteiger charge is -2.20. The summed E-state index contributed by atoms with van der Waals surface area (Å²) >= 11 is 0. The maximum absolute atomic E-state index is 12.7. The van der Waals surface area contributed by atoms with Crippen LogP contribution < -0.4 is 9.83 Å². The normalized spacial score (nSPS) is 13.3. The molecule has 1 aliphatic carbocycles. The molecule has 1 N–H and O–H groups in total. The molecule has 0 saturated carbocycles. The number of nitrogens with one attached hydrogen (secondary N) is 1. The fourth-order valence-corrected chi connectivity index (χ4v) is 3.76. The third-order valence-corrected chi connectivity index (χ3v) is 5.05. The van der Waals surface area contributed by atoms with Gasteiger partial charge >= 0.3 is 0 Å². The van der Waals surface area contributed by atoms with E-state index in [1.165, 1.54) is 24.3 Å². The lowest BCUT2D eigenvalue weighted by atomic mass is 9.84. The van der Waals surface area contributed by atoms with Crippen LogP contribution >= 0.6 is 0 Å². The summed E-state index contributed by atoms with van der Waals surface area (Å²) in [5, 5.41) is 10.5. The average molecular weight is 344 g/mol. The van der Waals surface area contributed by atoms with Gasteiger partial charge in [0.2, 0.25) is 10.0 Å². The van der Waals surface area contributed by atoms with E-state index in [4.69, 9.17) is 0 Å². The van der Waals surface area contributed by atoms with Crippen molar-refractivity contribution in [3.8, 4) is 0 Å². The Bertz CT molecular complexity index is 993. The SMILES string of the molecule is O=C([O-])CNS(=O)(=O)c1cccc2c1C(=O)c1ccccc1C2=O. The molecule has 0 radical (unpaired) electrons. The molecule has 0 atom stereocenters. The molecule has 0 saturated heterocycles. The van der Waals surface area contributed by atoms with Gasteiger partial charge in [-0.25, -0.2) is 13.1 Å². The molecule has 7 nitrogen and oxygen atoms in total. The molecule has 1 aliphatic rings. The van der Waals surface area contributed by atoms with Crippen LogP contribution in [-0.2, 0) is 14.8 Å². The molecular weight excluding hydrogens is 334 g/mol. The van der Waals surface area contributed by atoms with E-state index in [1.54, 1.807) is 12.1 Å². The highest BCUT2D eigenvalue weighted by atomic mass is 32.2. The maximum atomic E-state index is 12.7. The summed E-state index contributed by atoms with van der Waals surface area (Å²) in [6.07, 6.45) is 0. The Morgan fingerprint density at radius 3 is 2.12 bits per heavy atom. The van der Waals surface area contributed by atoms with Gasteiger partial charge in [0.25, 0.3) is 0 Å². The summed E-state index contributed by atoms with van der Waals surface area (Å²) in [7, 11) is -4.30. The van der Waals surface area contributed by atoms with E-state index in [1.807, 2.05) is 4.72 Å². The average Bonchev–Trinajstić information content (AvgIpc) is 2.57. The Balaban J connectivity index is 2.19. The number of carbonyl (C=O) groups is 3. The molecule has 122 valence electrons. The van der Waals surface area contributed by atoms with Crippen molar-refractivity contribution in [3.63, 3.8) is 0 Å². The summed E-state index contributed by atoms with van der Waals surface area (Å²) < 4.78 is 26.4. The number of fused-ring (bicyclic) bond motifs is 2. The Kier molecular flexibility index (Phi) is 3.78. The van der Waals surface area contributed by atoms with E-state index < -0.39 is 39.0 Å². The number of benzene rings is 2. The van der Waals surface area contributed by atoms with Crippen LogP contribution in [0.5, 0.6) is 0 Å². The predicted molar refractivity (Wildman–Crippen MR) is 79.9 cm³/mol. The molecule has 0 amide bonds. The van der Waals surface area contributed by atoms with Crippen LogP contribution in [0.15, 0.2) is 47.4 Å². The van der Waals surface area contributed by atoms with Gasteiger partial charge in [0.15, 0.2) is 11.6 Å². The van der Waals surface area contributed by atoms with Crippen molar-refractivity contribution in [3.05, 3.63) is 64.7 Å². The molecule has 0 heterocycles. The van der Waals surface area contributed by atoms with E-state index in [9.17, 15) is 27.9 Å². The number of hydrogen-bond acceptors (Lipinski definition) is 6. The maximum Gasteiger partial charge on any atom is 0.241 e. The van der Waals surface area contributed by atoms with Crippen molar-refractivity contribution in [1.82, 2.24) is 4.72 Å². The van der Waals surface area contributed by atoms with E-state index in [-0.39, 0.29) is 22.3 Å². The molecule has 2 aromatic carbocycles. The van der Waals surface area contributed by atoms with Crippen LogP contribution in [0.3, 0.4) is 0 Å². The Morgan fingerprint density at radius 2 is 1.50 bits per heavy atom. The number of sulfonamides is 1. The lowest BCUT2D eigenvalue weighted by Crippen LogP contribution is -2.38. The highest BCUT2D eigenvalue weighted by Gasteiger charge is 2.34. The molecule has 0 spiro atoms. The minimum Gasteiger partial charge on any atom is -0.549 e. The summed E-state index contributed by atoms with van der Waals surface area (Å²) in [5.74, 6) is -2.68. The number of carboxylic acid groups (broad SMARTS) is 1. The van der Waals surface area contributed by atoms with Gasteiger partial charge in [0.05, 0.1) is 23.0 Å². The Morgan fingerprint density at radius 1 is 0.917 bits per heavy atom. The molecule has 0 unspecified atom stereocenters. The van der Waals surface area contributed by atoms with Gasteiger partial charge in [-0.2, -0.15) is 0 Å².